The lowest BCUT2D eigenvalue weighted by molar-refractivity contribution is -0.129. The summed E-state index contributed by atoms with van der Waals surface area (Å²) in [6.07, 6.45) is 1.56. The molecule has 5 heteroatoms. The van der Waals surface area contributed by atoms with E-state index in [2.05, 4.69) is 17.0 Å². The summed E-state index contributed by atoms with van der Waals surface area (Å²) in [4.78, 5) is 16.6. The maximum atomic E-state index is 12.2. The summed E-state index contributed by atoms with van der Waals surface area (Å²) in [5, 5.41) is 0. The van der Waals surface area contributed by atoms with Crippen LogP contribution in [0.3, 0.4) is 0 Å². The number of rotatable bonds is 5. The number of carbonyl (C=O) groups excluding carboxylic acids is 1. The minimum Gasteiger partial charge on any atom is -0.497 e. The molecule has 1 amide bonds. The summed E-state index contributed by atoms with van der Waals surface area (Å²) < 4.78 is 10.6. The summed E-state index contributed by atoms with van der Waals surface area (Å²) >= 11 is 0. The molecule has 2 saturated heterocycles. The van der Waals surface area contributed by atoms with E-state index in [-0.39, 0.29) is 11.9 Å². The van der Waals surface area contributed by atoms with Crippen molar-refractivity contribution in [2.45, 2.75) is 18.9 Å². The Morgan fingerprint density at radius 3 is 2.59 bits per heavy atom. The summed E-state index contributed by atoms with van der Waals surface area (Å²) in [5.74, 6) is 1.13. The molecule has 0 radical (unpaired) electrons. The van der Waals surface area contributed by atoms with Gasteiger partial charge in [-0.05, 0) is 24.1 Å². The van der Waals surface area contributed by atoms with Crippen molar-refractivity contribution in [3.8, 4) is 5.75 Å². The Hall–Kier alpha value is -1.59. The Morgan fingerprint density at radius 1 is 1.18 bits per heavy atom. The van der Waals surface area contributed by atoms with E-state index in [1.54, 1.807) is 7.11 Å². The third kappa shape index (κ3) is 3.42. The molecule has 0 aromatic heterocycles. The summed E-state index contributed by atoms with van der Waals surface area (Å²) in [6.45, 7) is 5.27. The first-order valence-corrected chi connectivity index (χ1v) is 8.01. The zero-order valence-electron chi connectivity index (χ0n) is 13.2. The number of hydrogen-bond acceptors (Lipinski definition) is 4. The molecule has 0 bridgehead atoms. The predicted molar refractivity (Wildman–Crippen MR) is 83.9 cm³/mol. The van der Waals surface area contributed by atoms with E-state index in [1.165, 1.54) is 5.56 Å². The first kappa shape index (κ1) is 15.3. The van der Waals surface area contributed by atoms with Crippen molar-refractivity contribution < 1.29 is 14.3 Å². The maximum Gasteiger partial charge on any atom is 0.223 e. The normalized spacial score (nSPS) is 23.0. The van der Waals surface area contributed by atoms with Gasteiger partial charge in [-0.15, -0.1) is 0 Å². The van der Waals surface area contributed by atoms with E-state index in [9.17, 15) is 4.79 Å². The van der Waals surface area contributed by atoms with E-state index in [1.807, 2.05) is 17.0 Å². The molecule has 0 N–H and O–H groups in total. The van der Waals surface area contributed by atoms with E-state index >= 15 is 0 Å². The highest BCUT2D eigenvalue weighted by Gasteiger charge is 2.32. The van der Waals surface area contributed by atoms with Gasteiger partial charge in [0.15, 0.2) is 0 Å². The van der Waals surface area contributed by atoms with Crippen molar-refractivity contribution in [2.75, 3.05) is 46.5 Å². The zero-order chi connectivity index (χ0) is 15.4. The van der Waals surface area contributed by atoms with Crippen LogP contribution in [0.4, 0.5) is 0 Å². The van der Waals surface area contributed by atoms with Crippen LogP contribution in [0.2, 0.25) is 0 Å². The van der Waals surface area contributed by atoms with Crippen molar-refractivity contribution in [1.29, 1.82) is 0 Å². The molecule has 0 aliphatic carbocycles. The van der Waals surface area contributed by atoms with Crippen LogP contribution in [0.15, 0.2) is 24.3 Å². The third-order valence-corrected chi connectivity index (χ3v) is 4.59. The van der Waals surface area contributed by atoms with Gasteiger partial charge in [-0.25, -0.2) is 0 Å². The highest BCUT2D eigenvalue weighted by Crippen LogP contribution is 2.33. The molecule has 1 aromatic carbocycles. The maximum absolute atomic E-state index is 12.2. The fraction of sp³-hybridized carbons (Fsp3) is 0.588. The molecule has 3 rings (SSSR count). The molecule has 0 unspecified atom stereocenters. The Morgan fingerprint density at radius 2 is 1.91 bits per heavy atom. The second kappa shape index (κ2) is 7.11. The van der Waals surface area contributed by atoms with Crippen LogP contribution in [-0.4, -0.2) is 62.2 Å². The molecule has 5 nitrogen and oxygen atoms in total. The molecule has 1 aromatic rings. The quantitative estimate of drug-likeness (QED) is 0.830. The molecule has 22 heavy (non-hydrogen) atoms. The standard InChI is InChI=1S/C17H24N2O3/c1-21-15-4-2-14(3-5-15)16-6-7-17(20)19(16)9-8-18-10-12-22-13-11-18/h2-5,16H,6-13H2,1H3/t16-/m1/s1. The molecule has 0 spiro atoms. The van der Waals surface area contributed by atoms with Crippen LogP contribution in [0.25, 0.3) is 0 Å². The molecular formula is C17H24N2O3. The van der Waals surface area contributed by atoms with Crippen LogP contribution in [0.5, 0.6) is 5.75 Å². The van der Waals surface area contributed by atoms with Gasteiger partial charge in [0.25, 0.3) is 0 Å². The van der Waals surface area contributed by atoms with E-state index in [4.69, 9.17) is 9.47 Å². The van der Waals surface area contributed by atoms with Crippen molar-refractivity contribution in [1.82, 2.24) is 9.80 Å². The first-order valence-electron chi connectivity index (χ1n) is 8.01. The number of carbonyl (C=O) groups is 1. The molecule has 120 valence electrons. The minimum atomic E-state index is 0.208. The average Bonchev–Trinajstić information content (AvgIpc) is 2.95. The molecule has 2 aliphatic heterocycles. The van der Waals surface area contributed by atoms with Gasteiger partial charge >= 0.3 is 0 Å². The molecular weight excluding hydrogens is 280 g/mol. The Bertz CT molecular complexity index is 497. The van der Waals surface area contributed by atoms with Crippen LogP contribution < -0.4 is 4.74 Å². The van der Waals surface area contributed by atoms with Gasteiger partial charge in [0, 0.05) is 32.6 Å². The largest absolute Gasteiger partial charge is 0.497 e. The Kier molecular flexibility index (Phi) is 4.95. The predicted octanol–water partition coefficient (Wildman–Crippen LogP) is 1.69. The van der Waals surface area contributed by atoms with E-state index in [0.717, 1.165) is 51.6 Å². The number of nitrogens with zero attached hydrogens (tertiary/aromatic N) is 2. The number of morpholine rings is 1. The van der Waals surface area contributed by atoms with Gasteiger partial charge in [0.1, 0.15) is 5.75 Å². The number of benzene rings is 1. The Balaban J connectivity index is 1.63. The highest BCUT2D eigenvalue weighted by atomic mass is 16.5. The van der Waals surface area contributed by atoms with Gasteiger partial charge in [-0.3, -0.25) is 9.69 Å². The SMILES string of the molecule is COc1ccc([C@H]2CCC(=O)N2CCN2CCOCC2)cc1. The van der Waals surface area contributed by atoms with Gasteiger partial charge in [0.2, 0.25) is 5.91 Å². The second-order valence-corrected chi connectivity index (χ2v) is 5.87. The Labute approximate surface area is 131 Å². The lowest BCUT2D eigenvalue weighted by Gasteiger charge is -2.31. The van der Waals surface area contributed by atoms with Crippen molar-refractivity contribution in [2.24, 2.45) is 0 Å². The van der Waals surface area contributed by atoms with Crippen LogP contribution in [0, 0.1) is 0 Å². The molecule has 0 saturated carbocycles. The van der Waals surface area contributed by atoms with E-state index in [0.29, 0.717) is 6.42 Å². The monoisotopic (exact) mass is 304 g/mol. The molecule has 2 fully saturated rings. The van der Waals surface area contributed by atoms with Crippen molar-refractivity contribution in [3.63, 3.8) is 0 Å². The second-order valence-electron chi connectivity index (χ2n) is 5.87. The van der Waals surface area contributed by atoms with Gasteiger partial charge in [0.05, 0.1) is 26.4 Å². The smallest absolute Gasteiger partial charge is 0.223 e. The summed E-state index contributed by atoms with van der Waals surface area (Å²) in [6, 6.07) is 8.30. The summed E-state index contributed by atoms with van der Waals surface area (Å²) in [5.41, 5.74) is 1.20. The van der Waals surface area contributed by atoms with Crippen LogP contribution in [-0.2, 0) is 9.53 Å². The molecule has 1 atom stereocenters. The first-order chi connectivity index (χ1) is 10.8. The van der Waals surface area contributed by atoms with E-state index < -0.39 is 0 Å². The molecule has 2 heterocycles. The number of amides is 1. The van der Waals surface area contributed by atoms with Gasteiger partial charge in [-0.1, -0.05) is 12.1 Å². The third-order valence-electron chi connectivity index (χ3n) is 4.59. The fourth-order valence-corrected chi connectivity index (χ4v) is 3.26. The fourth-order valence-electron chi connectivity index (χ4n) is 3.26. The number of hydrogen-bond donors (Lipinski definition) is 0. The number of ether oxygens (including phenoxy) is 2. The highest BCUT2D eigenvalue weighted by molar-refractivity contribution is 5.79. The zero-order valence-corrected chi connectivity index (χ0v) is 13.2. The van der Waals surface area contributed by atoms with Crippen molar-refractivity contribution >= 4 is 5.91 Å². The van der Waals surface area contributed by atoms with Crippen molar-refractivity contribution in [3.05, 3.63) is 29.8 Å². The number of likely N-dealkylation sites (tertiary alicyclic amines) is 1. The summed E-state index contributed by atoms with van der Waals surface area (Å²) in [7, 11) is 1.67. The lowest BCUT2D eigenvalue weighted by Crippen LogP contribution is -2.42. The van der Waals surface area contributed by atoms with Gasteiger partial charge in [-0.2, -0.15) is 0 Å². The lowest BCUT2D eigenvalue weighted by atomic mass is 10.0. The average molecular weight is 304 g/mol. The molecule has 2 aliphatic rings. The van der Waals surface area contributed by atoms with Crippen LogP contribution >= 0.6 is 0 Å². The minimum absolute atomic E-state index is 0.208. The number of methoxy groups -OCH3 is 1. The van der Waals surface area contributed by atoms with Crippen LogP contribution in [0.1, 0.15) is 24.4 Å². The topological polar surface area (TPSA) is 42.0 Å². The van der Waals surface area contributed by atoms with Gasteiger partial charge < -0.3 is 14.4 Å².